The molecule has 6 N–H and O–H groups in total. The van der Waals surface area contributed by atoms with E-state index in [1.54, 1.807) is 13.8 Å². The van der Waals surface area contributed by atoms with Crippen molar-refractivity contribution in [1.82, 2.24) is 5.32 Å². The minimum absolute atomic E-state index is 0.283. The van der Waals surface area contributed by atoms with Crippen LogP contribution in [0, 0.1) is 5.92 Å². The topological polar surface area (TPSA) is 178 Å². The van der Waals surface area contributed by atoms with Crippen LogP contribution in [0.1, 0.15) is 27.2 Å². The zero-order valence-corrected chi connectivity index (χ0v) is 15.3. The molecule has 7 atom stereocenters. The summed E-state index contributed by atoms with van der Waals surface area (Å²) >= 11 is 0. The molecule has 11 nitrogen and oxygen atoms in total. The van der Waals surface area contributed by atoms with Crippen molar-refractivity contribution in [2.75, 3.05) is 6.61 Å². The van der Waals surface area contributed by atoms with Gasteiger partial charge in [-0.3, -0.25) is 9.59 Å². The number of carbonyl (C=O) groups is 3. The fourth-order valence-electron chi connectivity index (χ4n) is 3.07. The Bertz CT molecular complexity index is 596. The maximum absolute atomic E-state index is 12.5. The van der Waals surface area contributed by atoms with Crippen LogP contribution in [0.25, 0.3) is 0 Å². The summed E-state index contributed by atoms with van der Waals surface area (Å²) in [5, 5.41) is 32.1. The molecule has 11 heteroatoms. The van der Waals surface area contributed by atoms with Gasteiger partial charge in [-0.1, -0.05) is 13.8 Å². The zero-order chi connectivity index (χ0) is 20.5. The number of rotatable bonds is 6. The second-order valence-electron chi connectivity index (χ2n) is 7.14. The lowest BCUT2D eigenvalue weighted by Gasteiger charge is -2.51. The summed E-state index contributed by atoms with van der Waals surface area (Å²) in [6.07, 6.45) is -6.03. The molecular weight excluding hydrogens is 364 g/mol. The van der Waals surface area contributed by atoms with Crippen LogP contribution in [0.15, 0.2) is 0 Å². The SMILES string of the molecule is CC(=O)N[C@H]1[C@H]2O[C@@](OC(=O)[C@@H](N)C(C)C)(C[C@@H]1O)C(=O)O[C@@H]2[C@H](O)CO. The van der Waals surface area contributed by atoms with Crippen molar-refractivity contribution in [3.05, 3.63) is 0 Å². The summed E-state index contributed by atoms with van der Waals surface area (Å²) in [5.41, 5.74) is 5.74. The lowest BCUT2D eigenvalue weighted by atomic mass is 9.86. The third kappa shape index (κ3) is 4.22. The van der Waals surface area contributed by atoms with E-state index < -0.39 is 73.2 Å². The molecule has 0 aromatic heterocycles. The van der Waals surface area contributed by atoms with Crippen molar-refractivity contribution >= 4 is 17.8 Å². The molecule has 2 heterocycles. The quantitative estimate of drug-likeness (QED) is 0.296. The van der Waals surface area contributed by atoms with E-state index in [9.17, 15) is 29.7 Å². The molecule has 2 aliphatic heterocycles. The molecular formula is C16H26N2O9. The largest absolute Gasteiger partial charge is 0.452 e. The second-order valence-corrected chi connectivity index (χ2v) is 7.14. The first-order chi connectivity index (χ1) is 12.5. The molecule has 1 amide bonds. The van der Waals surface area contributed by atoms with Crippen molar-refractivity contribution in [2.45, 2.75) is 69.5 Å². The number of hydrogen-bond acceptors (Lipinski definition) is 10. The number of aliphatic hydroxyl groups excluding tert-OH is 3. The lowest BCUT2D eigenvalue weighted by Crippen LogP contribution is -2.73. The van der Waals surface area contributed by atoms with E-state index in [-0.39, 0.29) is 5.92 Å². The van der Waals surface area contributed by atoms with Crippen molar-refractivity contribution in [3.8, 4) is 0 Å². The maximum Gasteiger partial charge on any atom is 0.380 e. The first-order valence-corrected chi connectivity index (χ1v) is 8.63. The van der Waals surface area contributed by atoms with E-state index in [1.807, 2.05) is 0 Å². The summed E-state index contributed by atoms with van der Waals surface area (Å²) in [6.45, 7) is 3.82. The smallest absolute Gasteiger partial charge is 0.380 e. The summed E-state index contributed by atoms with van der Waals surface area (Å²) in [4.78, 5) is 36.2. The molecule has 0 aromatic carbocycles. The van der Waals surface area contributed by atoms with Gasteiger partial charge in [0, 0.05) is 6.92 Å². The number of aliphatic hydroxyl groups is 3. The number of esters is 2. The Kier molecular flexibility index (Phi) is 6.43. The Labute approximate surface area is 155 Å². The predicted molar refractivity (Wildman–Crippen MR) is 87.7 cm³/mol. The summed E-state index contributed by atoms with van der Waals surface area (Å²) in [5.74, 6) is -5.10. The number of nitrogens with two attached hydrogens (primary N) is 1. The number of carbonyl (C=O) groups excluding carboxylic acids is 3. The molecule has 2 rings (SSSR count). The van der Waals surface area contributed by atoms with Gasteiger partial charge in [0.1, 0.15) is 18.2 Å². The van der Waals surface area contributed by atoms with E-state index >= 15 is 0 Å². The van der Waals surface area contributed by atoms with Gasteiger partial charge < -0.3 is 40.6 Å². The van der Waals surface area contributed by atoms with Crippen LogP contribution in [0.3, 0.4) is 0 Å². The van der Waals surface area contributed by atoms with Gasteiger partial charge in [-0.15, -0.1) is 0 Å². The first-order valence-electron chi connectivity index (χ1n) is 8.63. The fraction of sp³-hybridized carbons (Fsp3) is 0.812. The van der Waals surface area contributed by atoms with E-state index in [0.717, 1.165) is 0 Å². The van der Waals surface area contributed by atoms with Gasteiger partial charge in [-0.2, -0.15) is 0 Å². The average molecular weight is 390 g/mol. The van der Waals surface area contributed by atoms with Crippen molar-refractivity contribution in [3.63, 3.8) is 0 Å². The Hall–Kier alpha value is -1.79. The van der Waals surface area contributed by atoms with Gasteiger partial charge in [0.05, 0.1) is 25.2 Å². The third-order valence-corrected chi connectivity index (χ3v) is 4.64. The van der Waals surface area contributed by atoms with E-state index in [1.165, 1.54) is 6.92 Å². The van der Waals surface area contributed by atoms with Gasteiger partial charge in [0.2, 0.25) is 5.91 Å². The normalized spacial score (nSPS) is 35.2. The molecule has 0 spiro atoms. The molecule has 2 saturated heterocycles. The lowest BCUT2D eigenvalue weighted by molar-refractivity contribution is -0.334. The summed E-state index contributed by atoms with van der Waals surface area (Å²) in [7, 11) is 0. The number of ether oxygens (including phenoxy) is 3. The Morgan fingerprint density at radius 1 is 1.44 bits per heavy atom. The van der Waals surface area contributed by atoms with Gasteiger partial charge in [0.15, 0.2) is 6.10 Å². The highest BCUT2D eigenvalue weighted by molar-refractivity contribution is 5.85. The van der Waals surface area contributed by atoms with Crippen LogP contribution in [0.4, 0.5) is 0 Å². The van der Waals surface area contributed by atoms with Crippen LogP contribution >= 0.6 is 0 Å². The highest BCUT2D eigenvalue weighted by atomic mass is 16.8. The number of cyclic esters (lactones) is 1. The molecule has 0 aliphatic carbocycles. The molecule has 0 aromatic rings. The molecule has 0 unspecified atom stereocenters. The molecule has 27 heavy (non-hydrogen) atoms. The van der Waals surface area contributed by atoms with Gasteiger partial charge in [-0.25, -0.2) is 4.79 Å². The van der Waals surface area contributed by atoms with Crippen LogP contribution in [-0.2, 0) is 28.6 Å². The number of hydrogen-bond donors (Lipinski definition) is 5. The van der Waals surface area contributed by atoms with Crippen LogP contribution in [0.2, 0.25) is 0 Å². The number of fused-ring (bicyclic) bond motifs is 2. The Balaban J connectivity index is 2.34. The van der Waals surface area contributed by atoms with E-state index in [2.05, 4.69) is 5.32 Å². The minimum atomic E-state index is -2.26. The molecule has 0 saturated carbocycles. The summed E-state index contributed by atoms with van der Waals surface area (Å²) < 4.78 is 16.0. The molecule has 0 radical (unpaired) electrons. The average Bonchev–Trinajstić information content (AvgIpc) is 2.59. The Morgan fingerprint density at radius 2 is 2.07 bits per heavy atom. The van der Waals surface area contributed by atoms with Crippen molar-refractivity contribution in [2.24, 2.45) is 11.7 Å². The standard InChI is InChI=1S/C16H26N2O9/c1-6(2)10(17)14(23)27-16-4-8(21)11(18-7(3)20)13(26-16)12(9(22)5-19)25-15(16)24/h6,8-13,19,21-22H,4-5,17H2,1-3H3,(H,18,20)/t8-,9+,10-,11+,12+,13+,16+/m0/s1. The Morgan fingerprint density at radius 3 is 2.59 bits per heavy atom. The maximum atomic E-state index is 12.5. The fourth-order valence-corrected chi connectivity index (χ4v) is 3.07. The van der Waals surface area contributed by atoms with Crippen molar-refractivity contribution < 1.29 is 43.9 Å². The van der Waals surface area contributed by atoms with Crippen molar-refractivity contribution in [1.29, 1.82) is 0 Å². The molecule has 154 valence electrons. The highest BCUT2D eigenvalue weighted by Gasteiger charge is 2.63. The molecule has 2 bridgehead atoms. The van der Waals surface area contributed by atoms with Crippen LogP contribution in [-0.4, -0.2) is 82.1 Å². The highest BCUT2D eigenvalue weighted by Crippen LogP contribution is 2.39. The summed E-state index contributed by atoms with van der Waals surface area (Å²) in [6, 6.07) is -2.10. The molecule has 2 aliphatic rings. The van der Waals surface area contributed by atoms with Crippen LogP contribution < -0.4 is 11.1 Å². The van der Waals surface area contributed by atoms with E-state index in [4.69, 9.17) is 19.9 Å². The molecule has 2 fully saturated rings. The monoisotopic (exact) mass is 390 g/mol. The van der Waals surface area contributed by atoms with Crippen LogP contribution in [0.5, 0.6) is 0 Å². The minimum Gasteiger partial charge on any atom is -0.452 e. The van der Waals surface area contributed by atoms with Gasteiger partial charge >= 0.3 is 17.7 Å². The first kappa shape index (κ1) is 21.5. The van der Waals surface area contributed by atoms with E-state index in [0.29, 0.717) is 0 Å². The predicted octanol–water partition coefficient (Wildman–Crippen LogP) is -2.86. The third-order valence-electron chi connectivity index (χ3n) is 4.64. The zero-order valence-electron chi connectivity index (χ0n) is 15.3. The number of amides is 1. The number of nitrogens with one attached hydrogen (secondary N) is 1. The van der Waals surface area contributed by atoms with Gasteiger partial charge in [-0.05, 0) is 5.92 Å². The second kappa shape index (κ2) is 8.07. The van der Waals surface area contributed by atoms with Gasteiger partial charge in [0.25, 0.3) is 0 Å².